The molecule has 72 heavy (non-hydrogen) atoms. The number of rotatable bonds is 6. The van der Waals surface area contributed by atoms with Gasteiger partial charge in [-0.3, -0.25) is 0 Å². The quantitative estimate of drug-likeness (QED) is 0.165. The Labute approximate surface area is 419 Å². The highest BCUT2D eigenvalue weighted by Gasteiger charge is 2.52. The highest BCUT2D eigenvalue weighted by atomic mass is 16.5. The third kappa shape index (κ3) is 5.49. The Morgan fingerprint density at radius 1 is 0.292 bits per heavy atom. The monoisotopic (exact) mass is 915 g/mol. The Kier molecular flexibility index (Phi) is 8.82. The SMILES string of the molecule is c1ccc(N(c2ccccc2-c2ccc3c(c2)C2(c4ccccc4-3)c3ccc4ccccc4c3Oc3c2ccc2ccccc32)c2cccc3c2C(c2ccccc2)(c2ccccc2)c2ccccc2-3)cc1. The number of para-hydroxylation sites is 2. The van der Waals surface area contributed by atoms with Gasteiger partial charge in [0.15, 0.2) is 0 Å². The molecule has 12 aromatic rings. The number of hydrogen-bond donors (Lipinski definition) is 0. The molecular weight excluding hydrogens is 871 g/mol. The van der Waals surface area contributed by atoms with Gasteiger partial charge in [-0.05, 0) is 96.7 Å². The van der Waals surface area contributed by atoms with Crippen molar-refractivity contribution in [3.05, 3.63) is 317 Å². The summed E-state index contributed by atoms with van der Waals surface area (Å²) >= 11 is 0. The lowest BCUT2D eigenvalue weighted by Gasteiger charge is -2.40. The van der Waals surface area contributed by atoms with Gasteiger partial charge in [-0.25, -0.2) is 0 Å². The van der Waals surface area contributed by atoms with E-state index < -0.39 is 10.8 Å². The molecule has 1 heterocycles. The van der Waals surface area contributed by atoms with Crippen LogP contribution in [-0.2, 0) is 10.8 Å². The van der Waals surface area contributed by atoms with E-state index in [1.165, 1.54) is 55.6 Å². The Morgan fingerprint density at radius 3 is 1.40 bits per heavy atom. The zero-order chi connectivity index (χ0) is 47.4. The summed E-state index contributed by atoms with van der Waals surface area (Å²) in [6.07, 6.45) is 0. The predicted octanol–water partition coefficient (Wildman–Crippen LogP) is 18.0. The molecule has 0 atom stereocenters. The number of fused-ring (bicyclic) bond motifs is 16. The average Bonchev–Trinajstić information content (AvgIpc) is 3.92. The number of hydrogen-bond acceptors (Lipinski definition) is 2. The van der Waals surface area contributed by atoms with Gasteiger partial charge in [-0.1, -0.05) is 243 Å². The largest absolute Gasteiger partial charge is 0.455 e. The van der Waals surface area contributed by atoms with Crippen LogP contribution in [0.5, 0.6) is 11.5 Å². The van der Waals surface area contributed by atoms with E-state index in [0.29, 0.717) is 0 Å². The van der Waals surface area contributed by atoms with E-state index in [4.69, 9.17) is 4.74 Å². The summed E-state index contributed by atoms with van der Waals surface area (Å²) in [5.74, 6) is 1.83. The van der Waals surface area contributed by atoms with Gasteiger partial charge in [0.1, 0.15) is 11.5 Å². The smallest absolute Gasteiger partial charge is 0.140 e. The minimum absolute atomic E-state index is 0.614. The predicted molar refractivity (Wildman–Crippen MR) is 296 cm³/mol. The maximum atomic E-state index is 7.32. The van der Waals surface area contributed by atoms with E-state index in [2.05, 4.69) is 278 Å². The summed E-state index contributed by atoms with van der Waals surface area (Å²) in [6, 6.07) is 101. The Hall–Kier alpha value is -9.24. The first kappa shape index (κ1) is 40.6. The summed E-state index contributed by atoms with van der Waals surface area (Å²) in [5.41, 5.74) is 19.1. The molecule has 2 nitrogen and oxygen atoms in total. The first-order valence-electron chi connectivity index (χ1n) is 25.0. The lowest BCUT2D eigenvalue weighted by Crippen LogP contribution is -2.32. The molecule has 12 aromatic carbocycles. The second kappa shape index (κ2) is 15.6. The van der Waals surface area contributed by atoms with Gasteiger partial charge >= 0.3 is 0 Å². The Bertz CT molecular complexity index is 4010. The third-order valence-corrected chi connectivity index (χ3v) is 16.0. The van der Waals surface area contributed by atoms with E-state index in [0.717, 1.165) is 72.4 Å². The van der Waals surface area contributed by atoms with Crippen LogP contribution in [0.1, 0.15) is 44.5 Å². The lowest BCUT2D eigenvalue weighted by atomic mass is 9.65. The highest BCUT2D eigenvalue weighted by Crippen LogP contribution is 2.65. The summed E-state index contributed by atoms with van der Waals surface area (Å²) in [5, 5.41) is 4.53. The van der Waals surface area contributed by atoms with Gasteiger partial charge in [0.2, 0.25) is 0 Å². The van der Waals surface area contributed by atoms with E-state index in [1.54, 1.807) is 0 Å². The van der Waals surface area contributed by atoms with Crippen molar-refractivity contribution in [1.82, 2.24) is 0 Å². The topological polar surface area (TPSA) is 12.5 Å². The van der Waals surface area contributed by atoms with E-state index >= 15 is 0 Å². The van der Waals surface area contributed by atoms with Crippen LogP contribution in [0.25, 0.3) is 54.9 Å². The Morgan fingerprint density at radius 2 is 0.764 bits per heavy atom. The molecule has 0 N–H and O–H groups in total. The molecule has 0 radical (unpaired) electrons. The minimum Gasteiger partial charge on any atom is -0.455 e. The van der Waals surface area contributed by atoms with Crippen molar-refractivity contribution in [3.8, 4) is 44.9 Å². The van der Waals surface area contributed by atoms with Crippen molar-refractivity contribution in [2.24, 2.45) is 0 Å². The molecule has 2 aliphatic carbocycles. The van der Waals surface area contributed by atoms with Crippen molar-refractivity contribution < 1.29 is 4.74 Å². The number of nitrogens with zero attached hydrogens (tertiary/aromatic N) is 1. The number of anilines is 3. The van der Waals surface area contributed by atoms with Crippen molar-refractivity contribution in [3.63, 3.8) is 0 Å². The van der Waals surface area contributed by atoms with E-state index in [-0.39, 0.29) is 0 Å². The minimum atomic E-state index is -0.677. The van der Waals surface area contributed by atoms with Crippen LogP contribution in [0.15, 0.2) is 273 Å². The molecule has 1 spiro atoms. The van der Waals surface area contributed by atoms with Crippen LogP contribution >= 0.6 is 0 Å². The maximum absolute atomic E-state index is 7.32. The van der Waals surface area contributed by atoms with Gasteiger partial charge in [0, 0.05) is 38.7 Å². The fourth-order valence-corrected chi connectivity index (χ4v) is 13.1. The summed E-state index contributed by atoms with van der Waals surface area (Å²) < 4.78 is 7.32. The van der Waals surface area contributed by atoms with Crippen molar-refractivity contribution >= 4 is 38.6 Å². The van der Waals surface area contributed by atoms with Crippen molar-refractivity contribution in [1.29, 1.82) is 0 Å². The summed E-state index contributed by atoms with van der Waals surface area (Å²) in [6.45, 7) is 0. The van der Waals surface area contributed by atoms with Gasteiger partial charge in [-0.15, -0.1) is 0 Å². The zero-order valence-electron chi connectivity index (χ0n) is 39.3. The van der Waals surface area contributed by atoms with Crippen molar-refractivity contribution in [2.45, 2.75) is 10.8 Å². The molecule has 0 saturated carbocycles. The molecule has 0 amide bonds. The van der Waals surface area contributed by atoms with Gasteiger partial charge in [0.05, 0.1) is 22.2 Å². The molecule has 2 heteroatoms. The van der Waals surface area contributed by atoms with Crippen LogP contribution < -0.4 is 9.64 Å². The Balaban J connectivity index is 1.01. The molecule has 0 unspecified atom stereocenters. The van der Waals surface area contributed by atoms with Crippen LogP contribution in [-0.4, -0.2) is 0 Å². The van der Waals surface area contributed by atoms with Crippen LogP contribution in [0.2, 0.25) is 0 Å². The van der Waals surface area contributed by atoms with Gasteiger partial charge in [-0.2, -0.15) is 0 Å². The molecule has 336 valence electrons. The summed E-state index contributed by atoms with van der Waals surface area (Å²) in [7, 11) is 0. The van der Waals surface area contributed by atoms with Gasteiger partial charge in [0.25, 0.3) is 0 Å². The molecule has 0 saturated heterocycles. The van der Waals surface area contributed by atoms with Crippen LogP contribution in [0, 0.1) is 0 Å². The standard InChI is InChI=1S/C70H45NO/c1-4-23-49(24-5-1)69(50-25-6-2-7-26-50)59-35-17-15-33-56(59)58-34-20-38-65(66(58)69)71(51-27-8-3-9-28-51)64-37-19-16-29-52(64)48-39-42-57-55-32-14-18-36-60(55)70(63(57)45-48)61-43-40-46-21-10-12-30-53(46)67(61)72-68-54-31-13-11-22-47(54)41-44-62(68)70/h1-45H. The first-order chi connectivity index (χ1) is 35.7. The molecule has 0 bridgehead atoms. The van der Waals surface area contributed by atoms with Crippen LogP contribution in [0.4, 0.5) is 17.1 Å². The van der Waals surface area contributed by atoms with E-state index in [1.807, 2.05) is 0 Å². The van der Waals surface area contributed by atoms with Crippen molar-refractivity contribution in [2.75, 3.05) is 4.90 Å². The number of ether oxygens (including phenoxy) is 1. The third-order valence-electron chi connectivity index (χ3n) is 16.0. The second-order valence-electron chi connectivity index (χ2n) is 19.4. The average molecular weight is 916 g/mol. The zero-order valence-corrected chi connectivity index (χ0v) is 39.3. The first-order valence-corrected chi connectivity index (χ1v) is 25.0. The van der Waals surface area contributed by atoms with Crippen LogP contribution in [0.3, 0.4) is 0 Å². The molecule has 3 aliphatic rings. The fourth-order valence-electron chi connectivity index (χ4n) is 13.1. The second-order valence-corrected chi connectivity index (χ2v) is 19.4. The highest BCUT2D eigenvalue weighted by molar-refractivity contribution is 6.02. The number of benzene rings is 12. The fraction of sp³-hybridized carbons (Fsp3) is 0.0286. The summed E-state index contributed by atoms with van der Waals surface area (Å²) in [4.78, 5) is 2.52. The molecular formula is C70H45NO. The normalized spacial score (nSPS) is 13.9. The molecule has 1 aliphatic heterocycles. The molecule has 0 fully saturated rings. The molecule has 15 rings (SSSR count). The molecule has 0 aromatic heterocycles. The lowest BCUT2D eigenvalue weighted by molar-refractivity contribution is 0.447. The van der Waals surface area contributed by atoms with Gasteiger partial charge < -0.3 is 9.64 Å². The maximum Gasteiger partial charge on any atom is 0.140 e. The van der Waals surface area contributed by atoms with E-state index in [9.17, 15) is 0 Å².